The molecule has 0 fully saturated rings. The number of hydrogen-bond donors (Lipinski definition) is 2. The van der Waals surface area contributed by atoms with Crippen molar-refractivity contribution >= 4 is 50.5 Å². The van der Waals surface area contributed by atoms with E-state index in [0.29, 0.717) is 19.4 Å². The quantitative estimate of drug-likeness (QED) is 0.638. The van der Waals surface area contributed by atoms with Crippen LogP contribution >= 0.6 is 23.2 Å². The Labute approximate surface area is 201 Å². The third-order valence-corrected chi connectivity index (χ3v) is 10.4. The molecule has 176 valence electrons. The first kappa shape index (κ1) is 23.8. The molecule has 0 spiro atoms. The number of nitrogens with two attached hydrogens (primary N) is 1. The fraction of sp³-hybridized carbons (Fsp3) is 0.429. The minimum Gasteiger partial charge on any atom is -0.386 e. The van der Waals surface area contributed by atoms with Crippen LogP contribution < -0.4 is 11.1 Å². The molecule has 2 aliphatic rings. The predicted molar refractivity (Wildman–Crippen MR) is 128 cm³/mol. The summed E-state index contributed by atoms with van der Waals surface area (Å²) in [7, 11) is -2.89. The van der Waals surface area contributed by atoms with Crippen LogP contribution in [-0.4, -0.2) is 42.5 Å². The van der Waals surface area contributed by atoms with Crippen LogP contribution in [0, 0.1) is 5.82 Å². The molecular formula is C21H23Cl2FN6O2S. The molecule has 33 heavy (non-hydrogen) atoms. The number of pyridine rings is 2. The lowest BCUT2D eigenvalue weighted by atomic mass is 9.89. The van der Waals surface area contributed by atoms with Gasteiger partial charge in [0.2, 0.25) is 0 Å². The monoisotopic (exact) mass is 512 g/mol. The SMILES string of the molecule is CC1(C)C(N)=N[C@](C)(c2nc(NC(=O)c3ncc(Cl)cc3Cl)ccc2F)[C@@H]2CCCN=[S@]21=O. The van der Waals surface area contributed by atoms with Crippen molar-refractivity contribution in [2.45, 2.75) is 49.1 Å². The third kappa shape index (κ3) is 3.77. The number of fused-ring (bicyclic) bond motifs is 1. The highest BCUT2D eigenvalue weighted by molar-refractivity contribution is 7.96. The molecule has 2 aromatic rings. The molecule has 0 aliphatic carbocycles. The molecule has 0 bridgehead atoms. The van der Waals surface area contributed by atoms with E-state index in [-0.39, 0.29) is 33.1 Å². The molecule has 0 unspecified atom stereocenters. The second-order valence-corrected chi connectivity index (χ2v) is 12.5. The smallest absolute Gasteiger partial charge is 0.276 e. The van der Waals surface area contributed by atoms with Crippen molar-refractivity contribution in [1.29, 1.82) is 0 Å². The first-order valence-electron chi connectivity index (χ1n) is 10.3. The van der Waals surface area contributed by atoms with E-state index in [2.05, 4.69) is 24.6 Å². The Balaban J connectivity index is 1.78. The summed E-state index contributed by atoms with van der Waals surface area (Å²) in [5, 5.41) is 2.32. The fourth-order valence-electron chi connectivity index (χ4n) is 4.27. The van der Waals surface area contributed by atoms with Gasteiger partial charge in [0.15, 0.2) is 0 Å². The maximum absolute atomic E-state index is 15.1. The fourth-order valence-corrected chi connectivity index (χ4v) is 7.97. The van der Waals surface area contributed by atoms with Crippen molar-refractivity contribution < 1.29 is 13.4 Å². The zero-order chi connectivity index (χ0) is 24.2. The Hall–Kier alpha value is -2.30. The van der Waals surface area contributed by atoms with Gasteiger partial charge in [0.05, 0.1) is 25.0 Å². The normalized spacial score (nSPS) is 28.3. The minimum absolute atomic E-state index is 0.0586. The summed E-state index contributed by atoms with van der Waals surface area (Å²) in [5.74, 6) is -1.11. The van der Waals surface area contributed by atoms with E-state index >= 15 is 4.39 Å². The Morgan fingerprint density at radius 1 is 1.30 bits per heavy atom. The lowest BCUT2D eigenvalue weighted by Crippen LogP contribution is -2.60. The minimum atomic E-state index is -2.89. The summed E-state index contributed by atoms with van der Waals surface area (Å²) in [6.07, 6.45) is 2.51. The molecule has 4 heterocycles. The Morgan fingerprint density at radius 3 is 2.73 bits per heavy atom. The van der Waals surface area contributed by atoms with E-state index in [0.717, 1.165) is 0 Å². The van der Waals surface area contributed by atoms with Crippen LogP contribution in [0.5, 0.6) is 0 Å². The van der Waals surface area contributed by atoms with Crippen LogP contribution in [-0.2, 0) is 15.3 Å². The lowest BCUT2D eigenvalue weighted by Gasteiger charge is -2.47. The number of carbonyl (C=O) groups is 1. The van der Waals surface area contributed by atoms with E-state index in [4.69, 9.17) is 28.9 Å². The molecule has 8 nitrogen and oxygen atoms in total. The zero-order valence-corrected chi connectivity index (χ0v) is 20.6. The average Bonchev–Trinajstić information content (AvgIpc) is 2.74. The van der Waals surface area contributed by atoms with Crippen LogP contribution in [0.25, 0.3) is 0 Å². The molecule has 12 heteroatoms. The first-order valence-corrected chi connectivity index (χ1v) is 12.6. The summed E-state index contributed by atoms with van der Waals surface area (Å²) in [6, 6.07) is 3.87. The van der Waals surface area contributed by atoms with Crippen molar-refractivity contribution in [3.63, 3.8) is 0 Å². The number of aliphatic imine (C=N–C) groups is 1. The maximum atomic E-state index is 15.1. The van der Waals surface area contributed by atoms with Crippen LogP contribution in [0.4, 0.5) is 10.2 Å². The van der Waals surface area contributed by atoms with Crippen molar-refractivity contribution in [1.82, 2.24) is 9.97 Å². The second-order valence-electron chi connectivity index (χ2n) is 8.67. The summed E-state index contributed by atoms with van der Waals surface area (Å²) in [4.78, 5) is 25.6. The number of aromatic nitrogens is 2. The van der Waals surface area contributed by atoms with Crippen molar-refractivity contribution in [2.24, 2.45) is 15.1 Å². The number of anilines is 1. The number of nitrogens with one attached hydrogen (secondary N) is 1. The standard InChI is InChI=1S/C21H23Cl2FN6O2S/c1-20(2)19(25)30-21(3,14-5-4-8-27-33(14,20)32)17-13(24)6-7-15(28-17)29-18(31)16-12(23)9-11(22)10-26-16/h6-7,9-10,14H,4-5,8H2,1-3H3,(H2,25,30)(H,28,29,31)/t14-,21-,33-/m0/s1. The first-order chi connectivity index (χ1) is 15.4. The highest BCUT2D eigenvalue weighted by atomic mass is 35.5. The lowest BCUT2D eigenvalue weighted by molar-refractivity contribution is 0.102. The van der Waals surface area contributed by atoms with Gasteiger partial charge in [0.25, 0.3) is 5.91 Å². The van der Waals surface area contributed by atoms with Gasteiger partial charge in [-0.25, -0.2) is 22.9 Å². The molecule has 1 amide bonds. The summed E-state index contributed by atoms with van der Waals surface area (Å²) < 4.78 is 32.7. The van der Waals surface area contributed by atoms with Crippen LogP contribution in [0.1, 0.15) is 49.8 Å². The van der Waals surface area contributed by atoms with Crippen molar-refractivity contribution in [3.05, 3.63) is 51.6 Å². The topological polar surface area (TPSA) is 123 Å². The van der Waals surface area contributed by atoms with Gasteiger partial charge in [-0.2, -0.15) is 0 Å². The molecule has 0 saturated heterocycles. The highest BCUT2D eigenvalue weighted by Crippen LogP contribution is 2.47. The molecule has 3 N–H and O–H groups in total. The van der Waals surface area contributed by atoms with E-state index < -0.39 is 37.0 Å². The van der Waals surface area contributed by atoms with Gasteiger partial charge in [-0.15, -0.1) is 0 Å². The van der Waals surface area contributed by atoms with E-state index in [9.17, 15) is 9.00 Å². The van der Waals surface area contributed by atoms with Crippen molar-refractivity contribution in [2.75, 3.05) is 11.9 Å². The number of carbonyl (C=O) groups excluding carboxylic acids is 1. The maximum Gasteiger partial charge on any atom is 0.276 e. The van der Waals surface area contributed by atoms with Gasteiger partial charge in [0.1, 0.15) is 39.1 Å². The molecule has 2 aliphatic heterocycles. The number of amides is 1. The molecule has 2 aromatic heterocycles. The molecular weight excluding hydrogens is 490 g/mol. The van der Waals surface area contributed by atoms with Crippen molar-refractivity contribution in [3.8, 4) is 0 Å². The van der Waals surface area contributed by atoms with Gasteiger partial charge in [0, 0.05) is 12.7 Å². The molecule has 0 radical (unpaired) electrons. The van der Waals surface area contributed by atoms with Gasteiger partial charge in [-0.3, -0.25) is 9.79 Å². The largest absolute Gasteiger partial charge is 0.386 e. The van der Waals surface area contributed by atoms with Crippen LogP contribution in [0.2, 0.25) is 10.0 Å². The number of hydrogen-bond acceptors (Lipinski definition) is 7. The Morgan fingerprint density at radius 2 is 2.03 bits per heavy atom. The van der Waals surface area contributed by atoms with Gasteiger partial charge >= 0.3 is 0 Å². The molecule has 0 aromatic carbocycles. The zero-order valence-electron chi connectivity index (χ0n) is 18.2. The molecule has 0 saturated carbocycles. The van der Waals surface area contributed by atoms with E-state index in [1.165, 1.54) is 24.4 Å². The predicted octanol–water partition coefficient (Wildman–Crippen LogP) is 4.17. The number of rotatable bonds is 3. The van der Waals surface area contributed by atoms with Crippen LogP contribution in [0.15, 0.2) is 33.8 Å². The second kappa shape index (κ2) is 8.18. The summed E-state index contributed by atoms with van der Waals surface area (Å²) in [5.41, 5.74) is 4.79. The summed E-state index contributed by atoms with van der Waals surface area (Å²) in [6.45, 7) is 5.61. The number of nitrogens with zero attached hydrogens (tertiary/aromatic N) is 4. The highest BCUT2D eigenvalue weighted by Gasteiger charge is 2.56. The van der Waals surface area contributed by atoms with Gasteiger partial charge in [-0.1, -0.05) is 23.2 Å². The Kier molecular flexibility index (Phi) is 5.91. The molecule has 3 atom stereocenters. The summed E-state index contributed by atoms with van der Waals surface area (Å²) >= 11 is 11.9. The number of halogens is 3. The average molecular weight is 513 g/mol. The van der Waals surface area contributed by atoms with Gasteiger partial charge in [-0.05, 0) is 51.8 Å². The van der Waals surface area contributed by atoms with E-state index in [1.807, 2.05) is 0 Å². The number of amidine groups is 1. The third-order valence-electron chi connectivity index (χ3n) is 6.21. The van der Waals surface area contributed by atoms with Crippen LogP contribution in [0.3, 0.4) is 0 Å². The molecule has 4 rings (SSSR count). The van der Waals surface area contributed by atoms with Gasteiger partial charge < -0.3 is 11.1 Å². The van der Waals surface area contributed by atoms with E-state index in [1.54, 1.807) is 20.8 Å². The Bertz CT molecular complexity index is 1310.